The Morgan fingerprint density at radius 2 is 1.71 bits per heavy atom. The minimum Gasteiger partial charge on any atom is -0.356 e. The number of anilines is 2. The van der Waals surface area contributed by atoms with Crippen molar-refractivity contribution in [1.29, 1.82) is 0 Å². The van der Waals surface area contributed by atoms with Crippen molar-refractivity contribution in [2.45, 2.75) is 52.1 Å². The van der Waals surface area contributed by atoms with Gasteiger partial charge in [0, 0.05) is 57.8 Å². The van der Waals surface area contributed by atoms with Crippen molar-refractivity contribution < 1.29 is 8.78 Å². The first kappa shape index (κ1) is 20.6. The number of benzene rings is 1. The molecule has 0 aliphatic carbocycles. The highest BCUT2D eigenvalue weighted by Gasteiger charge is 2.28. The smallest absolute Gasteiger partial charge is 0.227 e. The third-order valence-electron chi connectivity index (χ3n) is 6.97. The average molecular weight is 428 g/mol. The normalized spacial score (nSPS) is 20.4. The molecule has 0 amide bonds. The second-order valence-electron chi connectivity index (χ2n) is 9.35. The van der Waals surface area contributed by atoms with E-state index in [1.165, 1.54) is 43.4 Å². The summed E-state index contributed by atoms with van der Waals surface area (Å²) in [5, 5.41) is 0. The topological polar surface area (TPSA) is 35.5 Å². The molecule has 0 atom stereocenters. The molecule has 3 aliphatic heterocycles. The van der Waals surface area contributed by atoms with Crippen molar-refractivity contribution in [1.82, 2.24) is 14.9 Å². The fourth-order valence-electron chi connectivity index (χ4n) is 5.01. The van der Waals surface area contributed by atoms with Gasteiger partial charge >= 0.3 is 0 Å². The van der Waals surface area contributed by atoms with Gasteiger partial charge in [0.05, 0.1) is 5.69 Å². The summed E-state index contributed by atoms with van der Waals surface area (Å²) in [5.41, 5.74) is 3.17. The van der Waals surface area contributed by atoms with Crippen LogP contribution in [-0.2, 0) is 19.5 Å². The summed E-state index contributed by atoms with van der Waals surface area (Å²) in [6.45, 7) is 8.68. The molecule has 1 aromatic heterocycles. The zero-order chi connectivity index (χ0) is 21.4. The molecule has 4 heterocycles. The molecule has 0 bridgehead atoms. The summed E-state index contributed by atoms with van der Waals surface area (Å²) >= 11 is 0. The average Bonchev–Trinajstić information content (AvgIpc) is 3.31. The maximum Gasteiger partial charge on any atom is 0.227 e. The van der Waals surface area contributed by atoms with Crippen LogP contribution in [0, 0.1) is 17.6 Å². The highest BCUT2D eigenvalue weighted by atomic mass is 19.2. The fraction of sp³-hybridized carbons (Fsp3) is 0.583. The molecule has 2 saturated heterocycles. The van der Waals surface area contributed by atoms with Crippen molar-refractivity contribution in [3.63, 3.8) is 0 Å². The Hall–Kier alpha value is -2.28. The van der Waals surface area contributed by atoms with Gasteiger partial charge in [-0.05, 0) is 49.3 Å². The molecule has 0 saturated carbocycles. The monoisotopic (exact) mass is 427 g/mol. The zero-order valence-corrected chi connectivity index (χ0v) is 18.3. The molecule has 2 aromatic rings. The van der Waals surface area contributed by atoms with Crippen LogP contribution in [0.2, 0.25) is 0 Å². The van der Waals surface area contributed by atoms with Gasteiger partial charge in [0.25, 0.3) is 0 Å². The fourth-order valence-corrected chi connectivity index (χ4v) is 5.01. The standard InChI is InChI=1S/C24H31F2N5/c1-17-6-12-31(13-7-17)24-27-22-8-11-29(15-18-4-5-20(25)21(26)14-18)16-19(22)23(28-24)30-9-2-3-10-30/h4-5,14,17H,2-3,6-13,15-16H2,1H3. The third-order valence-corrected chi connectivity index (χ3v) is 6.97. The molecule has 31 heavy (non-hydrogen) atoms. The van der Waals surface area contributed by atoms with Crippen molar-refractivity contribution in [3.05, 3.63) is 46.7 Å². The molecule has 5 rings (SSSR count). The zero-order valence-electron chi connectivity index (χ0n) is 18.3. The highest BCUT2D eigenvalue weighted by molar-refractivity contribution is 5.55. The number of fused-ring (bicyclic) bond motifs is 1. The van der Waals surface area contributed by atoms with Crippen LogP contribution in [-0.4, -0.2) is 47.6 Å². The summed E-state index contributed by atoms with van der Waals surface area (Å²) in [5.74, 6) is 1.18. The second kappa shape index (κ2) is 8.69. The van der Waals surface area contributed by atoms with Crippen molar-refractivity contribution in [3.8, 4) is 0 Å². The number of hydrogen-bond acceptors (Lipinski definition) is 5. The maximum absolute atomic E-state index is 13.7. The summed E-state index contributed by atoms with van der Waals surface area (Å²) in [4.78, 5) is 17.2. The summed E-state index contributed by atoms with van der Waals surface area (Å²) in [6.07, 6.45) is 5.66. The van der Waals surface area contributed by atoms with Crippen molar-refractivity contribution >= 4 is 11.8 Å². The first-order chi connectivity index (χ1) is 15.1. The number of rotatable bonds is 4. The van der Waals surface area contributed by atoms with E-state index in [-0.39, 0.29) is 0 Å². The van der Waals surface area contributed by atoms with Gasteiger partial charge in [0.1, 0.15) is 5.82 Å². The minimum absolute atomic E-state index is 0.599. The van der Waals surface area contributed by atoms with E-state index < -0.39 is 11.6 Å². The van der Waals surface area contributed by atoms with Gasteiger partial charge in [-0.1, -0.05) is 13.0 Å². The van der Waals surface area contributed by atoms with E-state index in [2.05, 4.69) is 21.6 Å². The largest absolute Gasteiger partial charge is 0.356 e. The van der Waals surface area contributed by atoms with E-state index in [4.69, 9.17) is 9.97 Å². The first-order valence-corrected chi connectivity index (χ1v) is 11.6. The molecule has 0 radical (unpaired) electrons. The van der Waals surface area contributed by atoms with Gasteiger partial charge in [0.2, 0.25) is 5.95 Å². The van der Waals surface area contributed by atoms with Gasteiger partial charge in [-0.2, -0.15) is 4.98 Å². The highest BCUT2D eigenvalue weighted by Crippen LogP contribution is 2.32. The lowest BCUT2D eigenvalue weighted by molar-refractivity contribution is 0.242. The van der Waals surface area contributed by atoms with Crippen LogP contribution < -0.4 is 9.80 Å². The number of piperidine rings is 1. The molecule has 0 unspecified atom stereocenters. The number of aromatic nitrogens is 2. The van der Waals surface area contributed by atoms with E-state index >= 15 is 0 Å². The predicted molar refractivity (Wildman–Crippen MR) is 118 cm³/mol. The lowest BCUT2D eigenvalue weighted by Crippen LogP contribution is -2.37. The molecule has 0 N–H and O–H groups in total. The van der Waals surface area contributed by atoms with Crippen molar-refractivity contribution in [2.24, 2.45) is 5.92 Å². The van der Waals surface area contributed by atoms with Crippen LogP contribution in [0.3, 0.4) is 0 Å². The molecule has 1 aromatic carbocycles. The lowest BCUT2D eigenvalue weighted by Gasteiger charge is -2.35. The summed E-state index contributed by atoms with van der Waals surface area (Å²) < 4.78 is 27.0. The Labute approximate surface area is 183 Å². The van der Waals surface area contributed by atoms with Crippen LogP contribution in [0.1, 0.15) is 49.4 Å². The Kier molecular flexibility index (Phi) is 5.78. The molecule has 0 spiro atoms. The second-order valence-corrected chi connectivity index (χ2v) is 9.35. The van der Waals surface area contributed by atoms with Gasteiger partial charge in [-0.15, -0.1) is 0 Å². The van der Waals surface area contributed by atoms with Gasteiger partial charge < -0.3 is 9.80 Å². The van der Waals surface area contributed by atoms with Crippen LogP contribution in [0.15, 0.2) is 18.2 Å². The van der Waals surface area contributed by atoms with E-state index in [9.17, 15) is 8.78 Å². The molecule has 5 nitrogen and oxygen atoms in total. The third kappa shape index (κ3) is 4.38. The summed E-state index contributed by atoms with van der Waals surface area (Å²) in [6, 6.07) is 4.20. The van der Waals surface area contributed by atoms with Gasteiger partial charge in [0.15, 0.2) is 11.6 Å². The van der Waals surface area contributed by atoms with E-state index in [1.807, 2.05) is 0 Å². The minimum atomic E-state index is -0.794. The SMILES string of the molecule is CC1CCN(c2nc3c(c(N4CCCC4)n2)CN(Cc2ccc(F)c(F)c2)CC3)CC1. The quantitative estimate of drug-likeness (QED) is 0.733. The lowest BCUT2D eigenvalue weighted by atomic mass is 9.99. The Balaban J connectivity index is 1.41. The molecule has 7 heteroatoms. The molecule has 3 aliphatic rings. The Morgan fingerprint density at radius 3 is 2.45 bits per heavy atom. The van der Waals surface area contributed by atoms with Gasteiger partial charge in [-0.25, -0.2) is 13.8 Å². The number of hydrogen-bond donors (Lipinski definition) is 0. The van der Waals surface area contributed by atoms with Crippen LogP contribution in [0.25, 0.3) is 0 Å². The predicted octanol–water partition coefficient (Wildman–Crippen LogP) is 4.15. The first-order valence-electron chi connectivity index (χ1n) is 11.6. The van der Waals surface area contributed by atoms with E-state index in [1.54, 1.807) is 6.07 Å². The van der Waals surface area contributed by atoms with Crippen LogP contribution in [0.5, 0.6) is 0 Å². The maximum atomic E-state index is 13.7. The van der Waals surface area contributed by atoms with E-state index in [0.717, 1.165) is 74.6 Å². The summed E-state index contributed by atoms with van der Waals surface area (Å²) in [7, 11) is 0. The van der Waals surface area contributed by atoms with Crippen LogP contribution in [0.4, 0.5) is 20.5 Å². The molecular weight excluding hydrogens is 396 g/mol. The Bertz CT molecular complexity index is 936. The Morgan fingerprint density at radius 1 is 0.935 bits per heavy atom. The van der Waals surface area contributed by atoms with E-state index in [0.29, 0.717) is 6.54 Å². The molecular formula is C24H31F2N5. The number of halogens is 2. The van der Waals surface area contributed by atoms with Gasteiger partial charge in [-0.3, -0.25) is 4.90 Å². The van der Waals surface area contributed by atoms with Crippen molar-refractivity contribution in [2.75, 3.05) is 42.5 Å². The molecule has 2 fully saturated rings. The van der Waals surface area contributed by atoms with Crippen LogP contribution >= 0.6 is 0 Å². The molecule has 166 valence electrons. The number of nitrogens with zero attached hydrogens (tertiary/aromatic N) is 5.